The summed E-state index contributed by atoms with van der Waals surface area (Å²) in [5.41, 5.74) is 0. The molecular weight excluding hydrogens is 368 g/mol. The normalized spacial score (nSPS) is 20.3. The highest BCUT2D eigenvalue weighted by Crippen LogP contribution is 2.41. The highest BCUT2D eigenvalue weighted by Gasteiger charge is 2.32. The Morgan fingerprint density at radius 3 is 2.61 bits per heavy atom. The van der Waals surface area contributed by atoms with E-state index < -0.39 is 0 Å². The first-order chi connectivity index (χ1) is 11.1. The van der Waals surface area contributed by atoms with Crippen LogP contribution in [-0.4, -0.2) is 62.6 Å². The van der Waals surface area contributed by atoms with Gasteiger partial charge >= 0.3 is 6.03 Å². The number of hydrogen-bond acceptors (Lipinski definition) is 7. The van der Waals surface area contributed by atoms with E-state index in [2.05, 4.69) is 17.1 Å². The second-order valence-electron chi connectivity index (χ2n) is 5.82. The van der Waals surface area contributed by atoms with Crippen LogP contribution in [0.25, 0.3) is 0 Å². The van der Waals surface area contributed by atoms with Gasteiger partial charge in [-0.25, -0.2) is 4.79 Å². The molecule has 1 atom stereocenters. The minimum absolute atomic E-state index is 0.00615. The smallest absolute Gasteiger partial charge is 0.324 e. The maximum absolute atomic E-state index is 12.4. The van der Waals surface area contributed by atoms with Crippen LogP contribution in [0.2, 0.25) is 0 Å². The molecule has 2 amide bonds. The lowest BCUT2D eigenvalue weighted by atomic mass is 10.5. The number of anilines is 1. The van der Waals surface area contributed by atoms with Crippen molar-refractivity contribution in [3.63, 3.8) is 0 Å². The summed E-state index contributed by atoms with van der Waals surface area (Å²) >= 11 is 7.39. The zero-order valence-corrected chi connectivity index (χ0v) is 16.9. The minimum atomic E-state index is 0.00615. The number of aromatic nitrogens is 2. The lowest BCUT2D eigenvalue weighted by Crippen LogP contribution is -2.40. The molecule has 1 aromatic rings. The van der Waals surface area contributed by atoms with Crippen molar-refractivity contribution >= 4 is 57.8 Å². The Morgan fingerprint density at radius 2 is 1.96 bits per heavy atom. The third-order valence-corrected chi connectivity index (χ3v) is 9.83. The molecule has 3 rings (SSSR count). The first-order valence-corrected chi connectivity index (χ1v) is 11.6. The van der Waals surface area contributed by atoms with E-state index in [0.29, 0.717) is 21.0 Å². The van der Waals surface area contributed by atoms with Crippen LogP contribution in [0.4, 0.5) is 9.93 Å². The summed E-state index contributed by atoms with van der Waals surface area (Å²) in [5, 5.41) is 9.67. The van der Waals surface area contributed by atoms with Gasteiger partial charge in [-0.2, -0.15) is 0 Å². The van der Waals surface area contributed by atoms with Gasteiger partial charge < -0.3 is 4.90 Å². The van der Waals surface area contributed by atoms with Gasteiger partial charge in [0.2, 0.25) is 5.13 Å². The molecule has 2 heterocycles. The molecule has 5 nitrogen and oxygen atoms in total. The maximum atomic E-state index is 12.4. The molecule has 1 saturated carbocycles. The molecule has 2 aliphatic rings. The van der Waals surface area contributed by atoms with Crippen molar-refractivity contribution in [2.75, 3.05) is 30.5 Å². The van der Waals surface area contributed by atoms with Crippen molar-refractivity contribution in [2.45, 2.75) is 46.4 Å². The zero-order chi connectivity index (χ0) is 16.4. The maximum Gasteiger partial charge on any atom is 0.326 e. The summed E-state index contributed by atoms with van der Waals surface area (Å²) in [6.45, 7) is 2.26. The van der Waals surface area contributed by atoms with E-state index in [4.69, 9.17) is 0 Å². The number of thioether (sulfide) groups is 3. The fraction of sp³-hybridized carbons (Fsp3) is 0.786. The fourth-order valence-electron chi connectivity index (χ4n) is 2.31. The number of carbonyl (C=O) groups is 1. The van der Waals surface area contributed by atoms with Crippen LogP contribution in [0.15, 0.2) is 4.34 Å². The molecule has 0 N–H and O–H groups in total. The highest BCUT2D eigenvalue weighted by atomic mass is 32.2. The van der Waals surface area contributed by atoms with E-state index in [-0.39, 0.29) is 6.03 Å². The van der Waals surface area contributed by atoms with Crippen LogP contribution < -0.4 is 4.90 Å². The summed E-state index contributed by atoms with van der Waals surface area (Å²) in [7, 11) is 3.65. The second kappa shape index (κ2) is 7.84. The largest absolute Gasteiger partial charge is 0.326 e. The molecule has 0 spiro atoms. The number of amides is 2. The minimum Gasteiger partial charge on any atom is -0.324 e. The average Bonchev–Trinajstić information content (AvgIpc) is 3.33. The van der Waals surface area contributed by atoms with Gasteiger partial charge in [0, 0.05) is 25.4 Å². The molecule has 0 bridgehead atoms. The van der Waals surface area contributed by atoms with Crippen molar-refractivity contribution in [2.24, 2.45) is 0 Å². The number of hydrogen-bond donors (Lipinski definition) is 0. The Kier molecular flexibility index (Phi) is 6.03. The van der Waals surface area contributed by atoms with Gasteiger partial charge in [-0.15, -0.1) is 33.7 Å². The summed E-state index contributed by atoms with van der Waals surface area (Å²) < 4.78 is 1.58. The van der Waals surface area contributed by atoms with Crippen LogP contribution in [0, 0.1) is 0 Å². The molecule has 2 fully saturated rings. The van der Waals surface area contributed by atoms with Gasteiger partial charge in [-0.1, -0.05) is 30.0 Å². The molecule has 0 radical (unpaired) electrons. The molecule has 0 aromatic carbocycles. The van der Waals surface area contributed by atoms with Gasteiger partial charge in [0.05, 0.1) is 4.58 Å². The van der Waals surface area contributed by atoms with Gasteiger partial charge in [-0.3, -0.25) is 4.90 Å². The molecular formula is C14H22N4OS4. The Labute approximate surface area is 154 Å². The van der Waals surface area contributed by atoms with Gasteiger partial charge in [0.25, 0.3) is 0 Å². The number of nitrogens with zero attached hydrogens (tertiary/aromatic N) is 4. The first-order valence-electron chi connectivity index (χ1n) is 7.80. The predicted octanol–water partition coefficient (Wildman–Crippen LogP) is 3.87. The summed E-state index contributed by atoms with van der Waals surface area (Å²) in [6.07, 6.45) is 3.54. The Hall–Kier alpha value is -0.120. The van der Waals surface area contributed by atoms with Gasteiger partial charge in [-0.05, 0) is 30.8 Å². The summed E-state index contributed by atoms with van der Waals surface area (Å²) in [4.78, 5) is 15.8. The van der Waals surface area contributed by atoms with Crippen molar-refractivity contribution in [1.82, 2.24) is 15.1 Å². The number of rotatable bonds is 5. The van der Waals surface area contributed by atoms with E-state index in [9.17, 15) is 4.79 Å². The van der Waals surface area contributed by atoms with Crippen LogP contribution in [0.3, 0.4) is 0 Å². The van der Waals surface area contributed by atoms with Crippen LogP contribution in [0.5, 0.6) is 0 Å². The van der Waals surface area contributed by atoms with Gasteiger partial charge in [0.15, 0.2) is 4.34 Å². The number of carbonyl (C=O) groups excluding carboxylic acids is 1. The Bertz CT molecular complexity index is 545. The topological polar surface area (TPSA) is 49.3 Å². The molecule has 9 heteroatoms. The van der Waals surface area contributed by atoms with Crippen molar-refractivity contribution < 1.29 is 4.79 Å². The Balaban J connectivity index is 1.57. The van der Waals surface area contributed by atoms with Crippen LogP contribution in [-0.2, 0) is 0 Å². The number of urea groups is 1. The third kappa shape index (κ3) is 4.49. The highest BCUT2D eigenvalue weighted by molar-refractivity contribution is 8.19. The molecule has 1 aliphatic carbocycles. The molecule has 1 aliphatic heterocycles. The summed E-state index contributed by atoms with van der Waals surface area (Å²) in [6, 6.07) is 0.415. The van der Waals surface area contributed by atoms with Crippen molar-refractivity contribution in [1.29, 1.82) is 0 Å². The Morgan fingerprint density at radius 1 is 1.26 bits per heavy atom. The quantitative estimate of drug-likeness (QED) is 0.562. The zero-order valence-electron chi connectivity index (χ0n) is 13.6. The lowest BCUT2D eigenvalue weighted by molar-refractivity contribution is 0.214. The standard InChI is InChI=1S/C14H22N4OS4/c1-9(11-20-7-4-8-21-11)22-13-16-15-12(23-13)18(3)14(19)17(2)10-5-6-10/h9-11H,4-8H2,1-3H3. The third-order valence-electron chi connectivity index (χ3n) is 3.89. The second-order valence-corrected chi connectivity index (χ2v) is 11.2. The molecule has 23 heavy (non-hydrogen) atoms. The lowest BCUT2D eigenvalue weighted by Gasteiger charge is -2.25. The van der Waals surface area contributed by atoms with E-state index >= 15 is 0 Å². The molecule has 128 valence electrons. The monoisotopic (exact) mass is 390 g/mol. The van der Waals surface area contributed by atoms with E-state index in [1.807, 2.05) is 35.5 Å². The van der Waals surface area contributed by atoms with Crippen LogP contribution >= 0.6 is 46.6 Å². The average molecular weight is 391 g/mol. The summed E-state index contributed by atoms with van der Waals surface area (Å²) in [5.74, 6) is 2.52. The van der Waals surface area contributed by atoms with Crippen molar-refractivity contribution in [3.05, 3.63) is 0 Å². The molecule has 1 saturated heterocycles. The fourth-order valence-corrected chi connectivity index (χ4v) is 7.82. The predicted molar refractivity (Wildman–Crippen MR) is 103 cm³/mol. The first kappa shape index (κ1) is 17.7. The SMILES string of the molecule is CC(Sc1nnc(N(C)C(=O)N(C)C2CC2)s1)C1SCCCS1. The van der Waals surface area contributed by atoms with E-state index in [1.54, 1.807) is 23.7 Å². The van der Waals surface area contributed by atoms with Crippen LogP contribution in [0.1, 0.15) is 26.2 Å². The molecule has 1 aromatic heterocycles. The van der Waals surface area contributed by atoms with Gasteiger partial charge in [0.1, 0.15) is 0 Å². The van der Waals surface area contributed by atoms with Crippen molar-refractivity contribution in [3.8, 4) is 0 Å². The van der Waals surface area contributed by atoms with E-state index in [0.717, 1.165) is 17.2 Å². The van der Waals surface area contributed by atoms with E-state index in [1.165, 1.54) is 29.3 Å². The molecule has 1 unspecified atom stereocenters.